The highest BCUT2D eigenvalue weighted by Gasteiger charge is 2.30. The van der Waals surface area contributed by atoms with Gasteiger partial charge in [-0.05, 0) is 31.7 Å². The first-order valence-corrected chi connectivity index (χ1v) is 7.39. The Labute approximate surface area is 116 Å². The monoisotopic (exact) mass is 262 g/mol. The quantitative estimate of drug-likeness (QED) is 0.792. The van der Waals surface area contributed by atoms with E-state index in [1.54, 1.807) is 0 Å². The molecule has 0 amide bonds. The van der Waals surface area contributed by atoms with Crippen LogP contribution in [0.5, 0.6) is 0 Å². The number of nitrogens with zero attached hydrogens (tertiary/aromatic N) is 1. The molecule has 1 aromatic carbocycles. The van der Waals surface area contributed by atoms with E-state index in [2.05, 4.69) is 36.1 Å². The molecule has 19 heavy (non-hydrogen) atoms. The summed E-state index contributed by atoms with van der Waals surface area (Å²) in [7, 11) is 0. The number of hydrogen-bond acceptors (Lipinski definition) is 3. The number of aliphatic hydroxyl groups is 1. The van der Waals surface area contributed by atoms with Crippen LogP contribution >= 0.6 is 0 Å². The lowest BCUT2D eigenvalue weighted by atomic mass is 9.88. The third-order valence-corrected chi connectivity index (χ3v) is 4.20. The normalized spacial score (nSPS) is 17.5. The Morgan fingerprint density at radius 3 is 2.47 bits per heavy atom. The molecule has 1 aliphatic carbocycles. The minimum atomic E-state index is 0.258. The van der Waals surface area contributed by atoms with E-state index in [0.717, 1.165) is 13.0 Å². The summed E-state index contributed by atoms with van der Waals surface area (Å²) >= 11 is 0. The fraction of sp³-hybridized carbons (Fsp3) is 0.625. The van der Waals surface area contributed by atoms with E-state index in [9.17, 15) is 0 Å². The van der Waals surface area contributed by atoms with Crippen LogP contribution in [0.1, 0.15) is 42.9 Å². The first-order chi connectivity index (χ1) is 9.26. The molecule has 1 aromatic rings. The minimum absolute atomic E-state index is 0.258. The molecule has 1 atom stereocenters. The number of nitrogens with two attached hydrogens (primary N) is 1. The summed E-state index contributed by atoms with van der Waals surface area (Å²) < 4.78 is 0. The third-order valence-electron chi connectivity index (χ3n) is 4.20. The van der Waals surface area contributed by atoms with Crippen molar-refractivity contribution in [2.45, 2.75) is 44.7 Å². The highest BCUT2D eigenvalue weighted by Crippen LogP contribution is 2.32. The Balaban J connectivity index is 2.12. The average Bonchev–Trinajstić information content (AvgIpc) is 2.36. The van der Waals surface area contributed by atoms with E-state index in [4.69, 9.17) is 10.8 Å². The van der Waals surface area contributed by atoms with Gasteiger partial charge in [0.05, 0.1) is 0 Å². The van der Waals surface area contributed by atoms with Gasteiger partial charge in [-0.15, -0.1) is 0 Å². The molecule has 0 aliphatic heterocycles. The maximum absolute atomic E-state index is 9.09. The molecule has 1 unspecified atom stereocenters. The summed E-state index contributed by atoms with van der Waals surface area (Å²) in [6.45, 7) is 3.95. The van der Waals surface area contributed by atoms with Crippen molar-refractivity contribution in [2.24, 2.45) is 5.73 Å². The van der Waals surface area contributed by atoms with Gasteiger partial charge in [-0.3, -0.25) is 4.90 Å². The van der Waals surface area contributed by atoms with Gasteiger partial charge in [0.25, 0.3) is 0 Å². The Hall–Kier alpha value is -0.900. The highest BCUT2D eigenvalue weighted by atomic mass is 16.3. The Kier molecular flexibility index (Phi) is 5.37. The maximum Gasteiger partial charge on any atom is 0.0473 e. The average molecular weight is 262 g/mol. The first kappa shape index (κ1) is 14.5. The lowest BCUT2D eigenvalue weighted by Crippen LogP contribution is -2.45. The van der Waals surface area contributed by atoms with Crippen LogP contribution in [-0.4, -0.2) is 35.7 Å². The molecule has 1 fully saturated rings. The second-order valence-electron chi connectivity index (χ2n) is 5.56. The van der Waals surface area contributed by atoms with Crippen molar-refractivity contribution in [1.29, 1.82) is 0 Å². The van der Waals surface area contributed by atoms with Crippen molar-refractivity contribution < 1.29 is 5.11 Å². The van der Waals surface area contributed by atoms with Crippen LogP contribution in [0, 0.1) is 6.92 Å². The Morgan fingerprint density at radius 2 is 2.00 bits per heavy atom. The number of benzene rings is 1. The summed E-state index contributed by atoms with van der Waals surface area (Å²) in [6, 6.07) is 9.64. The predicted octanol–water partition coefficient (Wildman–Crippen LogP) is 2.23. The van der Waals surface area contributed by atoms with Gasteiger partial charge in [0.1, 0.15) is 0 Å². The summed E-state index contributed by atoms with van der Waals surface area (Å²) in [5.74, 6) is 0. The molecule has 0 heterocycles. The maximum atomic E-state index is 9.09. The molecular formula is C16H26N2O. The molecular weight excluding hydrogens is 236 g/mol. The van der Waals surface area contributed by atoms with Crippen LogP contribution in [0.25, 0.3) is 0 Å². The molecule has 0 radical (unpaired) electrons. The Bertz CT molecular complexity index is 373. The molecule has 106 valence electrons. The van der Waals surface area contributed by atoms with Crippen LogP contribution in [-0.2, 0) is 0 Å². The van der Waals surface area contributed by atoms with E-state index in [1.807, 2.05) is 0 Å². The zero-order chi connectivity index (χ0) is 13.7. The first-order valence-electron chi connectivity index (χ1n) is 7.39. The third kappa shape index (κ3) is 3.56. The van der Waals surface area contributed by atoms with E-state index < -0.39 is 0 Å². The topological polar surface area (TPSA) is 49.5 Å². The zero-order valence-corrected chi connectivity index (χ0v) is 11.9. The number of hydrogen-bond donors (Lipinski definition) is 2. The predicted molar refractivity (Wildman–Crippen MR) is 79.0 cm³/mol. The van der Waals surface area contributed by atoms with Crippen LogP contribution < -0.4 is 5.73 Å². The largest absolute Gasteiger partial charge is 0.396 e. The molecule has 0 aromatic heterocycles. The molecule has 0 bridgehead atoms. The standard InChI is InChI=1S/C16H26N2O/c1-13-6-8-14(9-7-13)16(12-17)18(10-3-11-19)15-4-2-5-15/h6-9,15-16,19H,2-5,10-12,17H2,1H3. The van der Waals surface area contributed by atoms with Crippen LogP contribution in [0.2, 0.25) is 0 Å². The molecule has 3 heteroatoms. The number of aliphatic hydroxyl groups excluding tert-OH is 1. The van der Waals surface area contributed by atoms with Gasteiger partial charge in [0, 0.05) is 31.8 Å². The zero-order valence-electron chi connectivity index (χ0n) is 11.9. The Morgan fingerprint density at radius 1 is 1.32 bits per heavy atom. The SMILES string of the molecule is Cc1ccc(C(CN)N(CCCO)C2CCC2)cc1. The van der Waals surface area contributed by atoms with Crippen molar-refractivity contribution in [3.63, 3.8) is 0 Å². The fourth-order valence-corrected chi connectivity index (χ4v) is 2.82. The van der Waals surface area contributed by atoms with Gasteiger partial charge in [0.15, 0.2) is 0 Å². The highest BCUT2D eigenvalue weighted by molar-refractivity contribution is 5.24. The molecule has 3 nitrogen and oxygen atoms in total. The summed E-state index contributed by atoms with van der Waals surface area (Å²) in [6.07, 6.45) is 4.70. The van der Waals surface area contributed by atoms with E-state index in [-0.39, 0.29) is 12.6 Å². The van der Waals surface area contributed by atoms with E-state index in [0.29, 0.717) is 12.6 Å². The lowest BCUT2D eigenvalue weighted by Gasteiger charge is -2.42. The van der Waals surface area contributed by atoms with Crippen molar-refractivity contribution in [3.05, 3.63) is 35.4 Å². The van der Waals surface area contributed by atoms with Crippen molar-refractivity contribution in [1.82, 2.24) is 4.90 Å². The van der Waals surface area contributed by atoms with Crippen molar-refractivity contribution >= 4 is 0 Å². The second-order valence-corrected chi connectivity index (χ2v) is 5.56. The molecule has 2 rings (SSSR count). The molecule has 1 aliphatic rings. The molecule has 0 spiro atoms. The second kappa shape index (κ2) is 7.04. The van der Waals surface area contributed by atoms with Gasteiger partial charge in [0.2, 0.25) is 0 Å². The van der Waals surface area contributed by atoms with Gasteiger partial charge in [-0.1, -0.05) is 36.2 Å². The summed E-state index contributed by atoms with van der Waals surface area (Å²) in [5, 5.41) is 9.09. The van der Waals surface area contributed by atoms with Crippen LogP contribution in [0.3, 0.4) is 0 Å². The fourth-order valence-electron chi connectivity index (χ4n) is 2.82. The van der Waals surface area contributed by atoms with Gasteiger partial charge >= 0.3 is 0 Å². The molecule has 1 saturated carbocycles. The van der Waals surface area contributed by atoms with Crippen LogP contribution in [0.4, 0.5) is 0 Å². The van der Waals surface area contributed by atoms with Crippen molar-refractivity contribution in [3.8, 4) is 0 Å². The lowest BCUT2D eigenvalue weighted by molar-refractivity contribution is 0.0743. The molecule has 0 saturated heterocycles. The number of rotatable bonds is 7. The van der Waals surface area contributed by atoms with Gasteiger partial charge in [-0.25, -0.2) is 0 Å². The van der Waals surface area contributed by atoms with Gasteiger partial charge < -0.3 is 10.8 Å². The van der Waals surface area contributed by atoms with E-state index in [1.165, 1.54) is 30.4 Å². The van der Waals surface area contributed by atoms with Gasteiger partial charge in [-0.2, -0.15) is 0 Å². The smallest absolute Gasteiger partial charge is 0.0473 e. The minimum Gasteiger partial charge on any atom is -0.396 e. The summed E-state index contributed by atoms with van der Waals surface area (Å²) in [4.78, 5) is 2.50. The van der Waals surface area contributed by atoms with E-state index >= 15 is 0 Å². The van der Waals surface area contributed by atoms with Crippen LogP contribution in [0.15, 0.2) is 24.3 Å². The molecule has 3 N–H and O–H groups in total. The van der Waals surface area contributed by atoms with Crippen molar-refractivity contribution in [2.75, 3.05) is 19.7 Å². The number of aryl methyl sites for hydroxylation is 1. The summed E-state index contributed by atoms with van der Waals surface area (Å²) in [5.41, 5.74) is 8.61.